The lowest BCUT2D eigenvalue weighted by Crippen LogP contribution is -2.41. The average Bonchev–Trinajstić information content (AvgIpc) is 2.31. The summed E-state index contributed by atoms with van der Waals surface area (Å²) in [6.07, 6.45) is 7.93. The van der Waals surface area contributed by atoms with Crippen LogP contribution in [0, 0.1) is 11.8 Å². The molecule has 1 aliphatic rings. The summed E-state index contributed by atoms with van der Waals surface area (Å²) in [7, 11) is 0. The highest BCUT2D eigenvalue weighted by atomic mass is 16.1. The molecule has 3 N–H and O–H groups in total. The van der Waals surface area contributed by atoms with Crippen LogP contribution in [-0.2, 0) is 4.79 Å². The van der Waals surface area contributed by atoms with Crippen LogP contribution in [-0.4, -0.2) is 18.0 Å². The summed E-state index contributed by atoms with van der Waals surface area (Å²) in [5.74, 6) is 1.40. The maximum absolute atomic E-state index is 11.8. The van der Waals surface area contributed by atoms with Crippen molar-refractivity contribution in [3.63, 3.8) is 0 Å². The SMILES string of the molecule is CCCC1CCC(NC(=O)CC(N)C(C)C)CC1. The molecule has 3 nitrogen and oxygen atoms in total. The Morgan fingerprint density at radius 1 is 1.28 bits per heavy atom. The second kappa shape index (κ2) is 7.78. The van der Waals surface area contributed by atoms with Gasteiger partial charge in [0, 0.05) is 18.5 Å². The molecular formula is C15H30N2O. The number of nitrogens with one attached hydrogen (secondary N) is 1. The fourth-order valence-electron chi connectivity index (χ4n) is 2.74. The molecule has 0 aliphatic heterocycles. The molecule has 1 atom stereocenters. The molecule has 1 unspecified atom stereocenters. The van der Waals surface area contributed by atoms with E-state index in [4.69, 9.17) is 5.73 Å². The Morgan fingerprint density at radius 3 is 2.39 bits per heavy atom. The van der Waals surface area contributed by atoms with Crippen molar-refractivity contribution in [2.24, 2.45) is 17.6 Å². The lowest BCUT2D eigenvalue weighted by molar-refractivity contribution is -0.122. The topological polar surface area (TPSA) is 55.1 Å². The van der Waals surface area contributed by atoms with E-state index in [2.05, 4.69) is 26.1 Å². The summed E-state index contributed by atoms with van der Waals surface area (Å²) in [6.45, 7) is 6.38. The molecule has 0 bridgehead atoms. The monoisotopic (exact) mass is 254 g/mol. The van der Waals surface area contributed by atoms with E-state index in [0.717, 1.165) is 18.8 Å². The van der Waals surface area contributed by atoms with Gasteiger partial charge in [-0.25, -0.2) is 0 Å². The first-order valence-electron chi connectivity index (χ1n) is 7.57. The number of amides is 1. The minimum Gasteiger partial charge on any atom is -0.353 e. The number of nitrogens with two attached hydrogens (primary N) is 1. The zero-order valence-electron chi connectivity index (χ0n) is 12.2. The van der Waals surface area contributed by atoms with Crippen molar-refractivity contribution in [2.75, 3.05) is 0 Å². The van der Waals surface area contributed by atoms with Crippen LogP contribution < -0.4 is 11.1 Å². The molecule has 0 aromatic heterocycles. The van der Waals surface area contributed by atoms with Crippen LogP contribution in [0.3, 0.4) is 0 Å². The third-order valence-electron chi connectivity index (χ3n) is 4.19. The number of carbonyl (C=O) groups is 1. The molecule has 3 heteroatoms. The highest BCUT2D eigenvalue weighted by molar-refractivity contribution is 5.76. The molecule has 0 spiro atoms. The lowest BCUT2D eigenvalue weighted by Gasteiger charge is -2.29. The summed E-state index contributed by atoms with van der Waals surface area (Å²) in [5, 5.41) is 3.15. The molecule has 0 aromatic rings. The maximum Gasteiger partial charge on any atom is 0.221 e. The summed E-state index contributed by atoms with van der Waals surface area (Å²) in [5.41, 5.74) is 5.92. The Kier molecular flexibility index (Phi) is 6.69. The zero-order valence-corrected chi connectivity index (χ0v) is 12.2. The number of hydrogen-bond donors (Lipinski definition) is 2. The lowest BCUT2D eigenvalue weighted by atomic mass is 9.83. The van der Waals surface area contributed by atoms with Gasteiger partial charge in [-0.15, -0.1) is 0 Å². The van der Waals surface area contributed by atoms with Crippen molar-refractivity contribution in [3.8, 4) is 0 Å². The Hall–Kier alpha value is -0.570. The number of rotatable bonds is 6. The van der Waals surface area contributed by atoms with Crippen LogP contribution >= 0.6 is 0 Å². The van der Waals surface area contributed by atoms with Gasteiger partial charge in [0.15, 0.2) is 0 Å². The van der Waals surface area contributed by atoms with Gasteiger partial charge >= 0.3 is 0 Å². The minimum atomic E-state index is -0.0126. The van der Waals surface area contributed by atoms with Crippen LogP contribution in [0.15, 0.2) is 0 Å². The second-order valence-electron chi connectivity index (χ2n) is 6.19. The van der Waals surface area contributed by atoms with Gasteiger partial charge in [0.2, 0.25) is 5.91 Å². The van der Waals surface area contributed by atoms with Gasteiger partial charge in [-0.1, -0.05) is 33.6 Å². The highest BCUT2D eigenvalue weighted by Gasteiger charge is 2.22. The maximum atomic E-state index is 11.8. The first kappa shape index (κ1) is 15.5. The Balaban J connectivity index is 2.22. The molecule has 0 aromatic carbocycles. The average molecular weight is 254 g/mol. The molecule has 106 valence electrons. The Bertz CT molecular complexity index is 245. The van der Waals surface area contributed by atoms with E-state index < -0.39 is 0 Å². The van der Waals surface area contributed by atoms with Crippen LogP contribution in [0.4, 0.5) is 0 Å². The summed E-state index contributed by atoms with van der Waals surface area (Å²) in [6, 6.07) is 0.381. The molecule has 0 heterocycles. The van der Waals surface area contributed by atoms with Crippen LogP contribution in [0.5, 0.6) is 0 Å². The summed E-state index contributed by atoms with van der Waals surface area (Å²) >= 11 is 0. The van der Waals surface area contributed by atoms with E-state index in [-0.39, 0.29) is 11.9 Å². The molecule has 18 heavy (non-hydrogen) atoms. The number of hydrogen-bond acceptors (Lipinski definition) is 2. The van der Waals surface area contributed by atoms with Gasteiger partial charge in [-0.2, -0.15) is 0 Å². The van der Waals surface area contributed by atoms with Crippen molar-refractivity contribution in [3.05, 3.63) is 0 Å². The van der Waals surface area contributed by atoms with Gasteiger partial charge in [0.25, 0.3) is 0 Å². The largest absolute Gasteiger partial charge is 0.353 e. The third kappa shape index (κ3) is 5.38. The van der Waals surface area contributed by atoms with Crippen molar-refractivity contribution >= 4 is 5.91 Å². The fraction of sp³-hybridized carbons (Fsp3) is 0.933. The molecule has 1 fully saturated rings. The summed E-state index contributed by atoms with van der Waals surface area (Å²) < 4.78 is 0. The minimum absolute atomic E-state index is 0.0126. The molecule has 1 aliphatic carbocycles. The zero-order chi connectivity index (χ0) is 13.5. The second-order valence-corrected chi connectivity index (χ2v) is 6.19. The van der Waals surface area contributed by atoms with Gasteiger partial charge < -0.3 is 11.1 Å². The molecule has 1 amide bonds. The van der Waals surface area contributed by atoms with E-state index >= 15 is 0 Å². The van der Waals surface area contributed by atoms with E-state index in [9.17, 15) is 4.79 Å². The van der Waals surface area contributed by atoms with Crippen molar-refractivity contribution < 1.29 is 4.79 Å². The molecule has 1 rings (SSSR count). The standard InChI is InChI=1S/C15H30N2O/c1-4-5-12-6-8-13(9-7-12)17-15(18)10-14(16)11(2)3/h11-14H,4-10,16H2,1-3H3,(H,17,18). The predicted octanol–water partition coefficient (Wildman–Crippen LogP) is 2.83. The van der Waals surface area contributed by atoms with E-state index in [1.54, 1.807) is 0 Å². The van der Waals surface area contributed by atoms with Crippen molar-refractivity contribution in [1.82, 2.24) is 5.32 Å². The summed E-state index contributed by atoms with van der Waals surface area (Å²) in [4.78, 5) is 11.8. The van der Waals surface area contributed by atoms with Crippen LogP contribution in [0.25, 0.3) is 0 Å². The van der Waals surface area contributed by atoms with E-state index in [0.29, 0.717) is 18.4 Å². The van der Waals surface area contributed by atoms with Gasteiger partial charge in [-0.3, -0.25) is 4.79 Å². The first-order chi connectivity index (χ1) is 8.52. The van der Waals surface area contributed by atoms with Crippen LogP contribution in [0.2, 0.25) is 0 Å². The first-order valence-corrected chi connectivity index (χ1v) is 7.57. The van der Waals surface area contributed by atoms with Gasteiger partial charge in [-0.05, 0) is 37.5 Å². The van der Waals surface area contributed by atoms with Gasteiger partial charge in [0.1, 0.15) is 0 Å². The van der Waals surface area contributed by atoms with E-state index in [1.807, 2.05) is 0 Å². The predicted molar refractivity (Wildman–Crippen MR) is 76.2 cm³/mol. The highest BCUT2D eigenvalue weighted by Crippen LogP contribution is 2.27. The van der Waals surface area contributed by atoms with Crippen molar-refractivity contribution in [2.45, 2.75) is 77.8 Å². The number of carbonyl (C=O) groups excluding carboxylic acids is 1. The van der Waals surface area contributed by atoms with Crippen LogP contribution in [0.1, 0.15) is 65.7 Å². The quantitative estimate of drug-likeness (QED) is 0.766. The fourth-order valence-corrected chi connectivity index (χ4v) is 2.74. The smallest absolute Gasteiger partial charge is 0.221 e. The molecule has 1 saturated carbocycles. The van der Waals surface area contributed by atoms with E-state index in [1.165, 1.54) is 25.7 Å². The molecule has 0 saturated heterocycles. The Labute approximate surface area is 112 Å². The Morgan fingerprint density at radius 2 is 1.89 bits per heavy atom. The molecular weight excluding hydrogens is 224 g/mol. The van der Waals surface area contributed by atoms with Crippen molar-refractivity contribution in [1.29, 1.82) is 0 Å². The molecule has 0 radical (unpaired) electrons. The normalized spacial score (nSPS) is 26.1. The third-order valence-corrected chi connectivity index (χ3v) is 4.19. The van der Waals surface area contributed by atoms with Gasteiger partial charge in [0.05, 0.1) is 0 Å².